The lowest BCUT2D eigenvalue weighted by molar-refractivity contribution is 0.102. The molecular weight excluding hydrogens is 300 g/mol. The van der Waals surface area contributed by atoms with E-state index in [0.29, 0.717) is 17.9 Å². The van der Waals surface area contributed by atoms with Crippen molar-refractivity contribution in [3.05, 3.63) is 60.2 Å². The number of ketones is 1. The number of benzene rings is 2. The SMILES string of the molecule is CCCOc1ccc(C(=O)CS(=O)(=O)c2ccccc2)cc1. The summed E-state index contributed by atoms with van der Waals surface area (Å²) in [5.74, 6) is -0.290. The Hall–Kier alpha value is -2.14. The quantitative estimate of drug-likeness (QED) is 0.736. The molecule has 0 aromatic heterocycles. The number of hydrogen-bond acceptors (Lipinski definition) is 4. The highest BCUT2D eigenvalue weighted by Crippen LogP contribution is 2.16. The Morgan fingerprint density at radius 3 is 2.23 bits per heavy atom. The van der Waals surface area contributed by atoms with Crippen molar-refractivity contribution in [2.75, 3.05) is 12.4 Å². The third kappa shape index (κ3) is 4.18. The minimum Gasteiger partial charge on any atom is -0.494 e. The lowest BCUT2D eigenvalue weighted by Gasteiger charge is -2.06. The number of ether oxygens (including phenoxy) is 1. The van der Waals surface area contributed by atoms with E-state index < -0.39 is 21.4 Å². The van der Waals surface area contributed by atoms with Gasteiger partial charge in [-0.25, -0.2) is 8.42 Å². The van der Waals surface area contributed by atoms with Gasteiger partial charge in [-0.2, -0.15) is 0 Å². The van der Waals surface area contributed by atoms with Gasteiger partial charge in [0.15, 0.2) is 15.6 Å². The van der Waals surface area contributed by atoms with Crippen LogP contribution in [0.1, 0.15) is 23.7 Å². The fourth-order valence-electron chi connectivity index (χ4n) is 1.92. The van der Waals surface area contributed by atoms with Gasteiger partial charge in [0, 0.05) is 5.56 Å². The smallest absolute Gasteiger partial charge is 0.185 e. The number of hydrogen-bond donors (Lipinski definition) is 0. The van der Waals surface area contributed by atoms with Gasteiger partial charge in [0.1, 0.15) is 11.5 Å². The predicted octanol–water partition coefficient (Wildman–Crippen LogP) is 3.13. The molecule has 0 N–H and O–H groups in total. The second kappa shape index (κ2) is 7.22. The van der Waals surface area contributed by atoms with Gasteiger partial charge < -0.3 is 4.74 Å². The maximum absolute atomic E-state index is 12.2. The van der Waals surface area contributed by atoms with E-state index in [4.69, 9.17) is 4.74 Å². The van der Waals surface area contributed by atoms with E-state index in [0.717, 1.165) is 6.42 Å². The molecule has 0 aliphatic heterocycles. The van der Waals surface area contributed by atoms with E-state index in [1.54, 1.807) is 42.5 Å². The second-order valence-corrected chi connectivity index (χ2v) is 6.86. The molecule has 2 aromatic rings. The van der Waals surface area contributed by atoms with Crippen LogP contribution in [0.5, 0.6) is 5.75 Å². The lowest BCUT2D eigenvalue weighted by atomic mass is 10.1. The Morgan fingerprint density at radius 2 is 1.64 bits per heavy atom. The van der Waals surface area contributed by atoms with Crippen LogP contribution in [-0.2, 0) is 9.84 Å². The van der Waals surface area contributed by atoms with Crippen molar-refractivity contribution in [2.45, 2.75) is 18.2 Å². The zero-order valence-corrected chi connectivity index (χ0v) is 13.2. The average molecular weight is 318 g/mol. The van der Waals surface area contributed by atoms with E-state index in [2.05, 4.69) is 0 Å². The first-order valence-electron chi connectivity index (χ1n) is 7.07. The summed E-state index contributed by atoms with van der Waals surface area (Å²) in [5, 5.41) is 0. The summed E-state index contributed by atoms with van der Waals surface area (Å²) in [7, 11) is -3.61. The molecule has 0 saturated heterocycles. The van der Waals surface area contributed by atoms with Gasteiger partial charge >= 0.3 is 0 Å². The summed E-state index contributed by atoms with van der Waals surface area (Å²) in [6, 6.07) is 14.5. The molecule has 0 fully saturated rings. The number of carbonyl (C=O) groups excluding carboxylic acids is 1. The van der Waals surface area contributed by atoms with Gasteiger partial charge in [-0.1, -0.05) is 25.1 Å². The molecule has 2 aromatic carbocycles. The Morgan fingerprint density at radius 1 is 1.00 bits per heavy atom. The molecule has 0 unspecified atom stereocenters. The minimum absolute atomic E-state index is 0.159. The Bertz CT molecular complexity index is 719. The molecule has 0 amide bonds. The summed E-state index contributed by atoms with van der Waals surface area (Å²) in [4.78, 5) is 12.3. The number of rotatable bonds is 7. The molecule has 2 rings (SSSR count). The van der Waals surface area contributed by atoms with Crippen LogP contribution in [0.4, 0.5) is 0 Å². The maximum Gasteiger partial charge on any atom is 0.185 e. The van der Waals surface area contributed by atoms with Crippen LogP contribution < -0.4 is 4.74 Å². The average Bonchev–Trinajstić information content (AvgIpc) is 2.54. The molecule has 0 heterocycles. The molecule has 0 spiro atoms. The van der Waals surface area contributed by atoms with Gasteiger partial charge in [-0.05, 0) is 42.8 Å². The molecular formula is C17H18O4S. The van der Waals surface area contributed by atoms with Crippen molar-refractivity contribution in [3.63, 3.8) is 0 Å². The molecule has 0 aliphatic rings. The van der Waals surface area contributed by atoms with Gasteiger partial charge in [0.2, 0.25) is 0 Å². The molecule has 0 bridgehead atoms. The fraction of sp³-hybridized carbons (Fsp3) is 0.235. The summed E-state index contributed by atoms with van der Waals surface area (Å²) < 4.78 is 29.8. The minimum atomic E-state index is -3.61. The zero-order valence-electron chi connectivity index (χ0n) is 12.4. The van der Waals surface area contributed by atoms with Crippen LogP contribution in [0, 0.1) is 0 Å². The van der Waals surface area contributed by atoms with Crippen LogP contribution in [-0.4, -0.2) is 26.6 Å². The zero-order chi connectivity index (χ0) is 16.0. The van der Waals surface area contributed by atoms with Gasteiger partial charge in [-0.3, -0.25) is 4.79 Å². The van der Waals surface area contributed by atoms with Crippen molar-refractivity contribution >= 4 is 15.6 Å². The van der Waals surface area contributed by atoms with Crippen LogP contribution in [0.3, 0.4) is 0 Å². The molecule has 0 aliphatic carbocycles. The molecule has 22 heavy (non-hydrogen) atoms. The molecule has 0 atom stereocenters. The van der Waals surface area contributed by atoms with Crippen LogP contribution >= 0.6 is 0 Å². The van der Waals surface area contributed by atoms with Crippen LogP contribution in [0.15, 0.2) is 59.5 Å². The van der Waals surface area contributed by atoms with Crippen LogP contribution in [0.25, 0.3) is 0 Å². The molecule has 5 heteroatoms. The second-order valence-electron chi connectivity index (χ2n) is 4.87. The first-order valence-corrected chi connectivity index (χ1v) is 8.72. The van der Waals surface area contributed by atoms with Crippen molar-refractivity contribution in [2.24, 2.45) is 0 Å². The van der Waals surface area contributed by atoms with Gasteiger partial charge in [0.25, 0.3) is 0 Å². The molecule has 0 saturated carbocycles. The Balaban J connectivity index is 2.09. The third-order valence-electron chi connectivity index (χ3n) is 3.07. The maximum atomic E-state index is 12.2. The summed E-state index contributed by atoms with van der Waals surface area (Å²) >= 11 is 0. The molecule has 116 valence electrons. The molecule has 4 nitrogen and oxygen atoms in total. The lowest BCUT2D eigenvalue weighted by Crippen LogP contribution is -2.16. The molecule has 0 radical (unpaired) electrons. The van der Waals surface area contributed by atoms with E-state index in [9.17, 15) is 13.2 Å². The summed E-state index contributed by atoms with van der Waals surface area (Å²) in [6.07, 6.45) is 0.899. The highest BCUT2D eigenvalue weighted by molar-refractivity contribution is 7.92. The summed E-state index contributed by atoms with van der Waals surface area (Å²) in [5.41, 5.74) is 0.364. The first-order chi connectivity index (χ1) is 10.5. The van der Waals surface area contributed by atoms with Crippen molar-refractivity contribution in [1.29, 1.82) is 0 Å². The Labute approximate surface area is 130 Å². The standard InChI is InChI=1S/C17H18O4S/c1-2-12-21-15-10-8-14(9-11-15)17(18)13-22(19,20)16-6-4-3-5-7-16/h3-11H,2,12-13H2,1H3. The predicted molar refractivity (Wildman–Crippen MR) is 85.1 cm³/mol. The van der Waals surface area contributed by atoms with Crippen molar-refractivity contribution in [3.8, 4) is 5.75 Å². The highest BCUT2D eigenvalue weighted by Gasteiger charge is 2.20. The topological polar surface area (TPSA) is 60.4 Å². The Kier molecular flexibility index (Phi) is 5.33. The monoisotopic (exact) mass is 318 g/mol. The fourth-order valence-corrected chi connectivity index (χ4v) is 3.17. The number of Topliss-reactive ketones (excluding diaryl/α,β-unsaturated/α-hetero) is 1. The summed E-state index contributed by atoms with van der Waals surface area (Å²) in [6.45, 7) is 2.61. The van der Waals surface area contributed by atoms with E-state index in [1.165, 1.54) is 12.1 Å². The highest BCUT2D eigenvalue weighted by atomic mass is 32.2. The van der Waals surface area contributed by atoms with E-state index in [-0.39, 0.29) is 4.90 Å². The van der Waals surface area contributed by atoms with Crippen LogP contribution in [0.2, 0.25) is 0 Å². The third-order valence-corrected chi connectivity index (χ3v) is 4.71. The van der Waals surface area contributed by atoms with Gasteiger partial charge in [0.05, 0.1) is 11.5 Å². The number of sulfone groups is 1. The van der Waals surface area contributed by atoms with Gasteiger partial charge in [-0.15, -0.1) is 0 Å². The van der Waals surface area contributed by atoms with E-state index >= 15 is 0 Å². The van der Waals surface area contributed by atoms with Crippen molar-refractivity contribution < 1.29 is 17.9 Å². The first kappa shape index (κ1) is 16.2. The van der Waals surface area contributed by atoms with Crippen molar-refractivity contribution in [1.82, 2.24) is 0 Å². The number of carbonyl (C=O) groups is 1. The van der Waals surface area contributed by atoms with E-state index in [1.807, 2.05) is 6.92 Å². The largest absolute Gasteiger partial charge is 0.494 e. The normalized spacial score (nSPS) is 11.1.